The second kappa shape index (κ2) is 7.12. The van der Waals surface area contributed by atoms with Crippen LogP contribution in [0.5, 0.6) is 0 Å². The van der Waals surface area contributed by atoms with Crippen molar-refractivity contribution in [3.8, 4) is 0 Å². The van der Waals surface area contributed by atoms with Gasteiger partial charge in [0.05, 0.1) is 19.1 Å². The predicted octanol–water partition coefficient (Wildman–Crippen LogP) is 2.48. The van der Waals surface area contributed by atoms with Crippen molar-refractivity contribution in [2.45, 2.75) is 19.7 Å². The van der Waals surface area contributed by atoms with Gasteiger partial charge in [0, 0.05) is 18.7 Å². The van der Waals surface area contributed by atoms with Gasteiger partial charge >= 0.3 is 0 Å². The fourth-order valence-corrected chi connectivity index (χ4v) is 1.58. The minimum absolute atomic E-state index is 0. The van der Waals surface area contributed by atoms with E-state index in [1.165, 1.54) is 5.56 Å². The average molecular weight is 254 g/mol. The van der Waals surface area contributed by atoms with Gasteiger partial charge in [-0.05, 0) is 17.2 Å². The van der Waals surface area contributed by atoms with Gasteiger partial charge in [-0.2, -0.15) is 0 Å². The normalized spacial score (nSPS) is 9.94. The number of hydrogen-bond donors (Lipinski definition) is 2. The molecule has 2 aromatic rings. The molecule has 0 saturated heterocycles. The standard InChI is InChI=1S/C13H15NO2.ClH/c15-9-12-3-1-2-11(6-12)7-14-8-13-4-5-16-10-13;/h1-6,10,14-15H,7-9H2;1H. The molecule has 92 valence electrons. The molecule has 0 amide bonds. The average Bonchev–Trinajstić information content (AvgIpc) is 2.82. The summed E-state index contributed by atoms with van der Waals surface area (Å²) >= 11 is 0. The highest BCUT2D eigenvalue weighted by Gasteiger charge is 1.96. The van der Waals surface area contributed by atoms with Crippen molar-refractivity contribution < 1.29 is 9.52 Å². The summed E-state index contributed by atoms with van der Waals surface area (Å²) in [5.74, 6) is 0. The second-order valence-electron chi connectivity index (χ2n) is 3.71. The molecule has 0 bridgehead atoms. The third kappa shape index (κ3) is 4.23. The van der Waals surface area contributed by atoms with Gasteiger partial charge in [0.1, 0.15) is 0 Å². The van der Waals surface area contributed by atoms with Crippen molar-refractivity contribution in [2.75, 3.05) is 0 Å². The maximum Gasteiger partial charge on any atom is 0.0947 e. The molecule has 1 heterocycles. The van der Waals surface area contributed by atoms with Crippen molar-refractivity contribution in [1.82, 2.24) is 5.32 Å². The van der Waals surface area contributed by atoms with Crippen LogP contribution in [0.2, 0.25) is 0 Å². The Balaban J connectivity index is 0.00000144. The number of halogens is 1. The maximum atomic E-state index is 9.00. The molecule has 0 aliphatic rings. The van der Waals surface area contributed by atoms with E-state index in [0.717, 1.165) is 24.2 Å². The molecule has 0 radical (unpaired) electrons. The van der Waals surface area contributed by atoms with Crippen LogP contribution in [0.25, 0.3) is 0 Å². The van der Waals surface area contributed by atoms with Crippen LogP contribution in [0.15, 0.2) is 47.3 Å². The summed E-state index contributed by atoms with van der Waals surface area (Å²) in [5.41, 5.74) is 3.26. The third-order valence-electron chi connectivity index (χ3n) is 2.41. The van der Waals surface area contributed by atoms with E-state index in [1.54, 1.807) is 12.5 Å². The molecule has 1 aromatic heterocycles. The van der Waals surface area contributed by atoms with Gasteiger partial charge in [0.25, 0.3) is 0 Å². The molecule has 2 rings (SSSR count). The molecule has 3 nitrogen and oxygen atoms in total. The lowest BCUT2D eigenvalue weighted by molar-refractivity contribution is 0.281. The molecule has 0 fully saturated rings. The topological polar surface area (TPSA) is 45.4 Å². The fourth-order valence-electron chi connectivity index (χ4n) is 1.58. The van der Waals surface area contributed by atoms with Crippen LogP contribution < -0.4 is 5.32 Å². The van der Waals surface area contributed by atoms with Crippen LogP contribution in [-0.4, -0.2) is 5.11 Å². The van der Waals surface area contributed by atoms with E-state index < -0.39 is 0 Å². The summed E-state index contributed by atoms with van der Waals surface area (Å²) in [7, 11) is 0. The van der Waals surface area contributed by atoms with Crippen LogP contribution in [0.3, 0.4) is 0 Å². The molecular formula is C13H16ClNO2. The molecular weight excluding hydrogens is 238 g/mol. The summed E-state index contributed by atoms with van der Waals surface area (Å²) in [5, 5.41) is 12.3. The summed E-state index contributed by atoms with van der Waals surface area (Å²) in [6.07, 6.45) is 3.40. The Morgan fingerprint density at radius 2 is 1.82 bits per heavy atom. The SMILES string of the molecule is Cl.OCc1cccc(CNCc2ccoc2)c1. The lowest BCUT2D eigenvalue weighted by Crippen LogP contribution is -2.12. The van der Waals surface area contributed by atoms with Crippen molar-refractivity contribution in [1.29, 1.82) is 0 Å². The van der Waals surface area contributed by atoms with Crippen molar-refractivity contribution in [3.05, 3.63) is 59.5 Å². The van der Waals surface area contributed by atoms with Crippen LogP contribution in [-0.2, 0) is 19.7 Å². The first-order valence-electron chi connectivity index (χ1n) is 5.29. The van der Waals surface area contributed by atoms with E-state index in [0.29, 0.717) is 0 Å². The molecule has 0 unspecified atom stereocenters. The number of aliphatic hydroxyl groups excluding tert-OH is 1. The zero-order valence-electron chi connectivity index (χ0n) is 9.43. The van der Waals surface area contributed by atoms with Crippen LogP contribution >= 0.6 is 12.4 Å². The molecule has 17 heavy (non-hydrogen) atoms. The molecule has 0 aliphatic carbocycles. The largest absolute Gasteiger partial charge is 0.472 e. The molecule has 4 heteroatoms. The van der Waals surface area contributed by atoms with Crippen molar-refractivity contribution >= 4 is 12.4 Å². The smallest absolute Gasteiger partial charge is 0.0947 e. The number of nitrogens with one attached hydrogen (secondary N) is 1. The van der Waals surface area contributed by atoms with Gasteiger partial charge in [-0.15, -0.1) is 12.4 Å². The summed E-state index contributed by atoms with van der Waals surface area (Å²) in [6.45, 7) is 1.68. The van der Waals surface area contributed by atoms with Gasteiger partial charge in [-0.25, -0.2) is 0 Å². The number of rotatable bonds is 5. The second-order valence-corrected chi connectivity index (χ2v) is 3.71. The van der Waals surface area contributed by atoms with E-state index >= 15 is 0 Å². The lowest BCUT2D eigenvalue weighted by atomic mass is 10.1. The minimum Gasteiger partial charge on any atom is -0.472 e. The summed E-state index contributed by atoms with van der Waals surface area (Å²) < 4.78 is 4.98. The Hall–Kier alpha value is -1.29. The number of benzene rings is 1. The molecule has 0 spiro atoms. The third-order valence-corrected chi connectivity index (χ3v) is 2.41. The monoisotopic (exact) mass is 253 g/mol. The zero-order valence-corrected chi connectivity index (χ0v) is 10.2. The van der Waals surface area contributed by atoms with Crippen LogP contribution in [0.1, 0.15) is 16.7 Å². The first-order chi connectivity index (χ1) is 7.88. The zero-order chi connectivity index (χ0) is 11.2. The van der Waals surface area contributed by atoms with Crippen molar-refractivity contribution in [2.24, 2.45) is 0 Å². The van der Waals surface area contributed by atoms with Gasteiger partial charge < -0.3 is 14.8 Å². The van der Waals surface area contributed by atoms with Crippen LogP contribution in [0, 0.1) is 0 Å². The Morgan fingerprint density at radius 1 is 1.06 bits per heavy atom. The van der Waals surface area contributed by atoms with Gasteiger partial charge in [0.15, 0.2) is 0 Å². The maximum absolute atomic E-state index is 9.00. The number of aliphatic hydroxyl groups is 1. The first kappa shape index (κ1) is 13.8. The molecule has 0 saturated carbocycles. The Morgan fingerprint density at radius 3 is 2.53 bits per heavy atom. The summed E-state index contributed by atoms with van der Waals surface area (Å²) in [4.78, 5) is 0. The Kier molecular flexibility index (Phi) is 5.77. The fraction of sp³-hybridized carbons (Fsp3) is 0.231. The van der Waals surface area contributed by atoms with Gasteiger partial charge in [-0.3, -0.25) is 0 Å². The van der Waals surface area contributed by atoms with Crippen LogP contribution in [0.4, 0.5) is 0 Å². The van der Waals surface area contributed by atoms with Gasteiger partial charge in [-0.1, -0.05) is 24.3 Å². The number of hydrogen-bond acceptors (Lipinski definition) is 3. The van der Waals surface area contributed by atoms with E-state index in [-0.39, 0.29) is 19.0 Å². The predicted molar refractivity (Wildman–Crippen MR) is 68.9 cm³/mol. The highest BCUT2D eigenvalue weighted by molar-refractivity contribution is 5.85. The van der Waals surface area contributed by atoms with E-state index in [4.69, 9.17) is 9.52 Å². The molecule has 0 aliphatic heterocycles. The van der Waals surface area contributed by atoms with E-state index in [1.807, 2.05) is 30.3 Å². The molecule has 2 N–H and O–H groups in total. The minimum atomic E-state index is 0. The Labute approximate surface area is 107 Å². The number of furan rings is 1. The Bertz CT molecular complexity index is 429. The molecule has 1 aromatic carbocycles. The van der Waals surface area contributed by atoms with E-state index in [9.17, 15) is 0 Å². The summed E-state index contributed by atoms with van der Waals surface area (Å²) in [6, 6.07) is 9.86. The van der Waals surface area contributed by atoms with E-state index in [2.05, 4.69) is 5.32 Å². The molecule has 0 atom stereocenters. The highest BCUT2D eigenvalue weighted by Crippen LogP contribution is 2.05. The highest BCUT2D eigenvalue weighted by atomic mass is 35.5. The van der Waals surface area contributed by atoms with Crippen molar-refractivity contribution in [3.63, 3.8) is 0 Å². The lowest BCUT2D eigenvalue weighted by Gasteiger charge is -2.04. The quantitative estimate of drug-likeness (QED) is 0.861. The van der Waals surface area contributed by atoms with Gasteiger partial charge in [0.2, 0.25) is 0 Å². The first-order valence-corrected chi connectivity index (χ1v) is 5.29.